The molecule has 0 bridgehead atoms. The first-order valence-electron chi connectivity index (χ1n) is 16.1. The molecule has 0 spiro atoms. The number of carbonyl (C=O) groups excluding carboxylic acids is 2. The van der Waals surface area contributed by atoms with Gasteiger partial charge in [0.1, 0.15) is 24.9 Å². The minimum absolute atomic E-state index is 0.0623. The number of sulfonamides is 1. The van der Waals surface area contributed by atoms with Crippen molar-refractivity contribution in [1.29, 1.82) is 0 Å². The molecule has 0 saturated heterocycles. The van der Waals surface area contributed by atoms with Crippen LogP contribution in [0.4, 0.5) is 5.69 Å². The van der Waals surface area contributed by atoms with Crippen LogP contribution in [0.5, 0.6) is 5.75 Å². The maximum atomic E-state index is 14.4. The summed E-state index contributed by atoms with van der Waals surface area (Å²) in [7, 11) is -3.87. The summed E-state index contributed by atoms with van der Waals surface area (Å²) < 4.78 is 33.3. The molecule has 5 rings (SSSR count). The Morgan fingerprint density at radius 3 is 2.00 bits per heavy atom. The average molecular weight is 654 g/mol. The van der Waals surface area contributed by atoms with Crippen molar-refractivity contribution in [3.05, 3.63) is 131 Å². The zero-order chi connectivity index (χ0) is 33.2. The highest BCUT2D eigenvalue weighted by atomic mass is 32.2. The van der Waals surface area contributed by atoms with Gasteiger partial charge in [0.05, 0.1) is 11.9 Å². The lowest BCUT2D eigenvalue weighted by atomic mass is 10.0. The van der Waals surface area contributed by atoms with Crippen LogP contribution in [0, 0.1) is 6.92 Å². The Bertz CT molecular complexity index is 1710. The molecule has 47 heavy (non-hydrogen) atoms. The topological polar surface area (TPSA) is 96.0 Å². The third-order valence-electron chi connectivity index (χ3n) is 8.50. The molecule has 1 atom stereocenters. The van der Waals surface area contributed by atoms with Crippen molar-refractivity contribution >= 4 is 27.5 Å². The Morgan fingerprint density at radius 2 is 1.40 bits per heavy atom. The molecule has 0 heterocycles. The number of carbonyl (C=O) groups is 2. The molecule has 1 N–H and O–H groups in total. The molecule has 9 heteroatoms. The molecule has 0 aliphatic heterocycles. The Hall–Kier alpha value is -4.63. The van der Waals surface area contributed by atoms with E-state index in [9.17, 15) is 18.0 Å². The molecule has 1 aliphatic carbocycles. The van der Waals surface area contributed by atoms with E-state index in [-0.39, 0.29) is 18.5 Å². The van der Waals surface area contributed by atoms with E-state index in [1.165, 1.54) is 4.90 Å². The Labute approximate surface area is 278 Å². The monoisotopic (exact) mass is 653 g/mol. The van der Waals surface area contributed by atoms with Gasteiger partial charge >= 0.3 is 0 Å². The van der Waals surface area contributed by atoms with Gasteiger partial charge in [-0.1, -0.05) is 103 Å². The van der Waals surface area contributed by atoms with Crippen molar-refractivity contribution < 1.29 is 22.7 Å². The van der Waals surface area contributed by atoms with Gasteiger partial charge in [-0.2, -0.15) is 0 Å². The second-order valence-electron chi connectivity index (χ2n) is 12.2. The highest BCUT2D eigenvalue weighted by molar-refractivity contribution is 7.92. The van der Waals surface area contributed by atoms with E-state index in [0.29, 0.717) is 24.5 Å². The van der Waals surface area contributed by atoms with E-state index >= 15 is 0 Å². The molecule has 0 radical (unpaired) electrons. The summed E-state index contributed by atoms with van der Waals surface area (Å²) in [5.41, 5.74) is 4.17. The number of benzene rings is 4. The van der Waals surface area contributed by atoms with Gasteiger partial charge in [0, 0.05) is 19.0 Å². The summed E-state index contributed by atoms with van der Waals surface area (Å²) in [5, 5.41) is 3.20. The van der Waals surface area contributed by atoms with Crippen molar-refractivity contribution in [2.24, 2.45) is 0 Å². The number of nitrogens with one attached hydrogen (secondary N) is 1. The van der Waals surface area contributed by atoms with E-state index in [4.69, 9.17) is 4.74 Å². The van der Waals surface area contributed by atoms with Gasteiger partial charge in [-0.05, 0) is 60.7 Å². The molecule has 0 aromatic heterocycles. The predicted octanol–water partition coefficient (Wildman–Crippen LogP) is 6.04. The van der Waals surface area contributed by atoms with Gasteiger partial charge < -0.3 is 15.0 Å². The van der Waals surface area contributed by atoms with E-state index in [2.05, 4.69) is 5.32 Å². The van der Waals surface area contributed by atoms with Gasteiger partial charge in [-0.15, -0.1) is 0 Å². The van der Waals surface area contributed by atoms with Gasteiger partial charge in [0.25, 0.3) is 0 Å². The van der Waals surface area contributed by atoms with Crippen LogP contribution in [0.2, 0.25) is 0 Å². The Morgan fingerprint density at radius 1 is 0.809 bits per heavy atom. The first-order valence-corrected chi connectivity index (χ1v) is 17.9. The van der Waals surface area contributed by atoms with E-state index in [1.54, 1.807) is 24.3 Å². The van der Waals surface area contributed by atoms with Crippen molar-refractivity contribution in [2.75, 3.05) is 17.1 Å². The number of anilines is 1. The first-order chi connectivity index (χ1) is 22.7. The summed E-state index contributed by atoms with van der Waals surface area (Å²) in [4.78, 5) is 29.9. The fourth-order valence-electron chi connectivity index (χ4n) is 5.87. The smallest absolute Gasteiger partial charge is 0.244 e. The molecule has 4 aromatic carbocycles. The first kappa shape index (κ1) is 33.7. The van der Waals surface area contributed by atoms with Crippen LogP contribution in [-0.2, 0) is 39.2 Å². The summed E-state index contributed by atoms with van der Waals surface area (Å²) in [6, 6.07) is 33.0. The predicted molar refractivity (Wildman–Crippen MR) is 185 cm³/mol. The molecule has 8 nitrogen and oxygen atoms in total. The maximum absolute atomic E-state index is 14.4. The third-order valence-corrected chi connectivity index (χ3v) is 9.64. The molecular weight excluding hydrogens is 611 g/mol. The van der Waals surface area contributed by atoms with Gasteiger partial charge in [0.2, 0.25) is 21.8 Å². The summed E-state index contributed by atoms with van der Waals surface area (Å²) in [6.45, 7) is 2.05. The van der Waals surface area contributed by atoms with Crippen molar-refractivity contribution in [2.45, 2.75) is 64.3 Å². The fourth-order valence-corrected chi connectivity index (χ4v) is 6.72. The molecule has 4 aromatic rings. The molecule has 1 saturated carbocycles. The highest BCUT2D eigenvalue weighted by Crippen LogP contribution is 2.24. The number of hydrogen-bond acceptors (Lipinski definition) is 5. The van der Waals surface area contributed by atoms with Gasteiger partial charge in [0.15, 0.2) is 0 Å². The van der Waals surface area contributed by atoms with E-state index in [0.717, 1.165) is 58.5 Å². The van der Waals surface area contributed by atoms with Crippen LogP contribution in [-0.4, -0.2) is 50.0 Å². The lowest BCUT2D eigenvalue weighted by molar-refractivity contribution is -0.140. The molecule has 246 valence electrons. The quantitative estimate of drug-likeness (QED) is 0.179. The van der Waals surface area contributed by atoms with E-state index in [1.807, 2.05) is 91.9 Å². The Balaban J connectivity index is 1.42. The standard InChI is InChI=1S/C38H43N3O5S/c1-29-17-19-31(20-18-29)26-40(36(25-30-11-5-3-6-12-30)38(43)39-33-15-9-10-16-33)37(42)27-41(47(2,44)45)34-21-23-35(24-22-34)46-28-32-13-7-4-8-14-32/h3-8,11-14,17-24,33,36H,9-10,15-16,25-28H2,1-2H3,(H,39,43). The number of rotatable bonds is 14. The minimum atomic E-state index is -3.87. The van der Waals surface area contributed by atoms with Crippen molar-refractivity contribution in [3.63, 3.8) is 0 Å². The number of amides is 2. The lowest BCUT2D eigenvalue weighted by Gasteiger charge is -2.34. The minimum Gasteiger partial charge on any atom is -0.489 e. The number of nitrogens with zero attached hydrogens (tertiary/aromatic N) is 2. The van der Waals surface area contributed by atoms with Crippen LogP contribution >= 0.6 is 0 Å². The van der Waals surface area contributed by atoms with Crippen LogP contribution in [0.25, 0.3) is 0 Å². The zero-order valence-corrected chi connectivity index (χ0v) is 27.9. The van der Waals surface area contributed by atoms with Crippen LogP contribution < -0.4 is 14.4 Å². The fraction of sp³-hybridized carbons (Fsp3) is 0.316. The molecule has 1 aliphatic rings. The maximum Gasteiger partial charge on any atom is 0.244 e. The summed E-state index contributed by atoms with van der Waals surface area (Å²) in [6.07, 6.45) is 5.30. The zero-order valence-electron chi connectivity index (χ0n) is 27.0. The molecule has 1 unspecified atom stereocenters. The van der Waals surface area contributed by atoms with Crippen molar-refractivity contribution in [1.82, 2.24) is 10.2 Å². The molecule has 2 amide bonds. The van der Waals surface area contributed by atoms with Gasteiger partial charge in [-0.3, -0.25) is 13.9 Å². The highest BCUT2D eigenvalue weighted by Gasteiger charge is 2.34. The normalized spacial score (nSPS) is 13.9. The number of ether oxygens (including phenoxy) is 1. The SMILES string of the molecule is Cc1ccc(CN(C(=O)CN(c2ccc(OCc3ccccc3)cc2)S(C)(=O)=O)C(Cc2ccccc2)C(=O)NC2CCCC2)cc1. The van der Waals surface area contributed by atoms with Crippen LogP contribution in [0.15, 0.2) is 109 Å². The second-order valence-corrected chi connectivity index (χ2v) is 14.1. The number of aryl methyl sites for hydroxylation is 1. The van der Waals surface area contributed by atoms with Crippen LogP contribution in [0.3, 0.4) is 0 Å². The lowest BCUT2D eigenvalue weighted by Crippen LogP contribution is -2.54. The largest absolute Gasteiger partial charge is 0.489 e. The summed E-state index contributed by atoms with van der Waals surface area (Å²) in [5.74, 6) is -0.125. The summed E-state index contributed by atoms with van der Waals surface area (Å²) >= 11 is 0. The van der Waals surface area contributed by atoms with E-state index < -0.39 is 28.5 Å². The second kappa shape index (κ2) is 15.8. The number of hydrogen-bond donors (Lipinski definition) is 1. The van der Waals surface area contributed by atoms with Crippen LogP contribution in [0.1, 0.15) is 47.9 Å². The van der Waals surface area contributed by atoms with Gasteiger partial charge in [-0.25, -0.2) is 8.42 Å². The van der Waals surface area contributed by atoms with Crippen molar-refractivity contribution in [3.8, 4) is 5.75 Å². The third kappa shape index (κ3) is 9.68. The molecule has 1 fully saturated rings. The molecular formula is C38H43N3O5S. The average Bonchev–Trinajstić information content (AvgIpc) is 3.59. The Kier molecular flexibility index (Phi) is 11.3.